The molecule has 0 heterocycles. The van der Waals surface area contributed by atoms with Crippen LogP contribution in [0, 0.1) is 0 Å². The minimum atomic E-state index is 0.537. The maximum atomic E-state index is 4.91. The maximum absolute atomic E-state index is 4.91. The average Bonchev–Trinajstić information content (AvgIpc) is 1.85. The van der Waals surface area contributed by atoms with Crippen LogP contribution in [0.25, 0.3) is 0 Å². The molecule has 2 heteroatoms. The fourth-order valence-corrected chi connectivity index (χ4v) is 1.10. The zero-order valence-corrected chi connectivity index (χ0v) is 7.16. The Morgan fingerprint density at radius 2 is 2.11 bits per heavy atom. The van der Waals surface area contributed by atoms with E-state index >= 15 is 0 Å². The molecule has 0 spiro atoms. The van der Waals surface area contributed by atoms with E-state index < -0.39 is 0 Å². The third-order valence-corrected chi connectivity index (χ3v) is 1.79. The summed E-state index contributed by atoms with van der Waals surface area (Å²) in [6, 6.07) is 0. The molecular weight excluding hydrogens is 132 g/mol. The summed E-state index contributed by atoms with van der Waals surface area (Å²) in [7, 11) is 1.73. The molecule has 0 fully saturated rings. The first-order valence-corrected chi connectivity index (χ1v) is 4.00. The van der Waals surface area contributed by atoms with Gasteiger partial charge < -0.3 is 4.74 Å². The summed E-state index contributed by atoms with van der Waals surface area (Å²) in [5.41, 5.74) is 0. The second kappa shape index (κ2) is 6.43. The Labute approximate surface area is 63.2 Å². The van der Waals surface area contributed by atoms with E-state index in [-0.39, 0.29) is 0 Å². The smallest absolute Gasteiger partial charge is 0.0472 e. The van der Waals surface area contributed by atoms with Crippen LogP contribution in [0.3, 0.4) is 0 Å². The van der Waals surface area contributed by atoms with Crippen molar-refractivity contribution in [2.24, 2.45) is 0 Å². The van der Waals surface area contributed by atoms with Crippen molar-refractivity contribution in [3.63, 3.8) is 0 Å². The van der Waals surface area contributed by atoms with Gasteiger partial charge in [-0.2, -0.15) is 12.6 Å². The van der Waals surface area contributed by atoms with Crippen LogP contribution in [0.5, 0.6) is 0 Å². The molecule has 0 rings (SSSR count). The molecule has 0 unspecified atom stereocenters. The lowest BCUT2D eigenvalue weighted by Gasteiger charge is -2.06. The van der Waals surface area contributed by atoms with Gasteiger partial charge >= 0.3 is 0 Å². The molecule has 1 nitrogen and oxygen atoms in total. The normalized spacial score (nSPS) is 13.7. The molecule has 0 saturated carbocycles. The SMILES string of the molecule is CCC[C@H](S)CCOC. The Balaban J connectivity index is 2.95. The second-order valence-corrected chi connectivity index (χ2v) is 2.95. The highest BCUT2D eigenvalue weighted by Gasteiger charge is 1.98. The van der Waals surface area contributed by atoms with Gasteiger partial charge in [0.2, 0.25) is 0 Å². The van der Waals surface area contributed by atoms with Gasteiger partial charge in [-0.25, -0.2) is 0 Å². The molecule has 0 bridgehead atoms. The summed E-state index contributed by atoms with van der Waals surface area (Å²) >= 11 is 4.36. The number of hydrogen-bond acceptors (Lipinski definition) is 2. The van der Waals surface area contributed by atoms with E-state index in [1.165, 1.54) is 12.8 Å². The second-order valence-electron chi connectivity index (χ2n) is 2.22. The highest BCUT2D eigenvalue weighted by atomic mass is 32.1. The Morgan fingerprint density at radius 3 is 2.56 bits per heavy atom. The number of thiol groups is 1. The van der Waals surface area contributed by atoms with E-state index in [1.807, 2.05) is 0 Å². The minimum absolute atomic E-state index is 0.537. The average molecular weight is 148 g/mol. The fourth-order valence-electron chi connectivity index (χ4n) is 0.731. The molecule has 0 radical (unpaired) electrons. The molecule has 0 saturated heterocycles. The molecule has 0 aliphatic carbocycles. The Morgan fingerprint density at radius 1 is 1.44 bits per heavy atom. The van der Waals surface area contributed by atoms with Crippen molar-refractivity contribution in [2.75, 3.05) is 13.7 Å². The lowest BCUT2D eigenvalue weighted by Crippen LogP contribution is -2.02. The van der Waals surface area contributed by atoms with E-state index in [0.717, 1.165) is 13.0 Å². The van der Waals surface area contributed by atoms with Crippen molar-refractivity contribution in [2.45, 2.75) is 31.4 Å². The molecule has 56 valence electrons. The van der Waals surface area contributed by atoms with Gasteiger partial charge in [-0.05, 0) is 12.8 Å². The van der Waals surface area contributed by atoms with E-state index in [9.17, 15) is 0 Å². The van der Waals surface area contributed by atoms with Crippen LogP contribution in [0.15, 0.2) is 0 Å². The monoisotopic (exact) mass is 148 g/mol. The number of ether oxygens (including phenoxy) is 1. The van der Waals surface area contributed by atoms with Gasteiger partial charge in [0.15, 0.2) is 0 Å². The van der Waals surface area contributed by atoms with Crippen molar-refractivity contribution in [1.29, 1.82) is 0 Å². The fraction of sp³-hybridized carbons (Fsp3) is 1.00. The molecule has 0 aromatic carbocycles. The quantitative estimate of drug-likeness (QED) is 0.588. The maximum Gasteiger partial charge on any atom is 0.0472 e. The van der Waals surface area contributed by atoms with E-state index in [1.54, 1.807) is 7.11 Å². The first-order valence-electron chi connectivity index (χ1n) is 3.48. The first-order chi connectivity index (χ1) is 4.31. The lowest BCUT2D eigenvalue weighted by atomic mass is 10.2. The third-order valence-electron chi connectivity index (χ3n) is 1.28. The van der Waals surface area contributed by atoms with Crippen LogP contribution in [0.2, 0.25) is 0 Å². The largest absolute Gasteiger partial charge is 0.385 e. The van der Waals surface area contributed by atoms with Crippen LogP contribution < -0.4 is 0 Å². The van der Waals surface area contributed by atoms with Gasteiger partial charge in [0.25, 0.3) is 0 Å². The lowest BCUT2D eigenvalue weighted by molar-refractivity contribution is 0.193. The third kappa shape index (κ3) is 6.19. The standard InChI is InChI=1S/C7H16OS/c1-3-4-7(9)5-6-8-2/h7,9H,3-6H2,1-2H3/t7-/m0/s1. The molecule has 0 aromatic rings. The van der Waals surface area contributed by atoms with Crippen molar-refractivity contribution >= 4 is 12.6 Å². The van der Waals surface area contributed by atoms with Crippen LogP contribution in [0.1, 0.15) is 26.2 Å². The molecule has 9 heavy (non-hydrogen) atoms. The van der Waals surface area contributed by atoms with Crippen molar-refractivity contribution in [3.8, 4) is 0 Å². The predicted octanol–water partition coefficient (Wildman–Crippen LogP) is 2.12. The van der Waals surface area contributed by atoms with Crippen LogP contribution >= 0.6 is 12.6 Å². The zero-order valence-electron chi connectivity index (χ0n) is 6.26. The summed E-state index contributed by atoms with van der Waals surface area (Å²) < 4.78 is 4.91. The highest BCUT2D eigenvalue weighted by Crippen LogP contribution is 2.07. The minimum Gasteiger partial charge on any atom is -0.385 e. The summed E-state index contributed by atoms with van der Waals surface area (Å²) in [5, 5.41) is 0.537. The molecular formula is C7H16OS. The topological polar surface area (TPSA) is 9.23 Å². The number of methoxy groups -OCH3 is 1. The van der Waals surface area contributed by atoms with Crippen LogP contribution in [-0.4, -0.2) is 19.0 Å². The van der Waals surface area contributed by atoms with Crippen LogP contribution in [0.4, 0.5) is 0 Å². The number of rotatable bonds is 5. The van der Waals surface area contributed by atoms with E-state index in [4.69, 9.17) is 4.74 Å². The summed E-state index contributed by atoms with van der Waals surface area (Å²) in [4.78, 5) is 0. The van der Waals surface area contributed by atoms with Gasteiger partial charge in [-0.15, -0.1) is 0 Å². The Hall–Kier alpha value is 0.310. The predicted molar refractivity (Wildman–Crippen MR) is 44.2 cm³/mol. The molecule has 0 aromatic heterocycles. The van der Waals surface area contributed by atoms with Gasteiger partial charge in [-0.1, -0.05) is 13.3 Å². The van der Waals surface area contributed by atoms with E-state index in [2.05, 4.69) is 19.6 Å². The van der Waals surface area contributed by atoms with Gasteiger partial charge in [0.05, 0.1) is 0 Å². The number of hydrogen-bond donors (Lipinski definition) is 1. The summed E-state index contributed by atoms with van der Waals surface area (Å²) in [6.07, 6.45) is 3.50. The van der Waals surface area contributed by atoms with Crippen molar-refractivity contribution in [3.05, 3.63) is 0 Å². The van der Waals surface area contributed by atoms with Gasteiger partial charge in [0, 0.05) is 19.0 Å². The molecule has 0 N–H and O–H groups in total. The molecule has 0 aliphatic heterocycles. The van der Waals surface area contributed by atoms with Gasteiger partial charge in [-0.3, -0.25) is 0 Å². The van der Waals surface area contributed by atoms with Crippen LogP contribution in [-0.2, 0) is 4.74 Å². The Bertz CT molecular complexity index is 56.9. The molecule has 1 atom stereocenters. The van der Waals surface area contributed by atoms with E-state index in [0.29, 0.717) is 5.25 Å². The highest BCUT2D eigenvalue weighted by molar-refractivity contribution is 7.80. The zero-order chi connectivity index (χ0) is 7.11. The first kappa shape index (κ1) is 9.31. The summed E-state index contributed by atoms with van der Waals surface area (Å²) in [6.45, 7) is 3.02. The Kier molecular flexibility index (Phi) is 6.65. The molecule has 0 amide bonds. The van der Waals surface area contributed by atoms with Crippen molar-refractivity contribution < 1.29 is 4.74 Å². The van der Waals surface area contributed by atoms with Gasteiger partial charge in [0.1, 0.15) is 0 Å². The molecule has 0 aliphatic rings. The van der Waals surface area contributed by atoms with Crippen molar-refractivity contribution in [1.82, 2.24) is 0 Å². The summed E-state index contributed by atoms with van der Waals surface area (Å²) in [5.74, 6) is 0.